The van der Waals surface area contributed by atoms with Crippen LogP contribution < -0.4 is 5.73 Å². The third-order valence-corrected chi connectivity index (χ3v) is 4.89. The minimum absolute atomic E-state index is 0.431. The second kappa shape index (κ2) is 6.29. The van der Waals surface area contributed by atoms with Gasteiger partial charge in [0.05, 0.1) is 11.4 Å². The van der Waals surface area contributed by atoms with Gasteiger partial charge in [-0.3, -0.25) is 4.90 Å². The molecule has 0 radical (unpaired) electrons. The number of aromatic nitrogens is 2. The van der Waals surface area contributed by atoms with Gasteiger partial charge in [0.2, 0.25) is 0 Å². The molecule has 4 nitrogen and oxygen atoms in total. The van der Waals surface area contributed by atoms with E-state index in [0.717, 1.165) is 17.9 Å². The van der Waals surface area contributed by atoms with Gasteiger partial charge in [-0.15, -0.1) is 0 Å². The van der Waals surface area contributed by atoms with Gasteiger partial charge in [-0.1, -0.05) is 27.2 Å². The molecule has 2 aromatic rings. The Morgan fingerprint density at radius 2 is 2.14 bits per heavy atom. The third kappa shape index (κ3) is 2.84. The van der Waals surface area contributed by atoms with Crippen LogP contribution in [0, 0.1) is 0 Å². The average molecular weight is 300 g/mol. The summed E-state index contributed by atoms with van der Waals surface area (Å²) < 4.78 is 2.20. The maximum absolute atomic E-state index is 6.00. The van der Waals surface area contributed by atoms with Crippen LogP contribution >= 0.6 is 0 Å². The number of rotatable bonds is 4. The van der Waals surface area contributed by atoms with Crippen LogP contribution in [0.5, 0.6) is 0 Å². The fourth-order valence-electron chi connectivity index (χ4n) is 3.67. The summed E-state index contributed by atoms with van der Waals surface area (Å²) in [6.07, 6.45) is 7.26. The zero-order valence-electron chi connectivity index (χ0n) is 14.0. The summed E-state index contributed by atoms with van der Waals surface area (Å²) in [5, 5.41) is 0. The Morgan fingerprint density at radius 3 is 2.86 bits per heavy atom. The summed E-state index contributed by atoms with van der Waals surface area (Å²) in [7, 11) is 0. The smallest absolute Gasteiger partial charge is 0.137 e. The molecular weight excluding hydrogens is 272 g/mol. The van der Waals surface area contributed by atoms with Crippen molar-refractivity contribution in [3.05, 3.63) is 29.7 Å². The molecule has 2 aromatic heterocycles. The third-order valence-electron chi connectivity index (χ3n) is 4.89. The molecule has 1 atom stereocenters. The predicted molar refractivity (Wildman–Crippen MR) is 92.0 cm³/mol. The Hall–Kier alpha value is -1.55. The molecule has 3 rings (SSSR count). The lowest BCUT2D eigenvalue weighted by Crippen LogP contribution is -2.39. The second-order valence-corrected chi connectivity index (χ2v) is 6.82. The summed E-state index contributed by atoms with van der Waals surface area (Å²) in [5.41, 5.74) is 10.3. The van der Waals surface area contributed by atoms with E-state index in [1.807, 2.05) is 18.3 Å². The zero-order valence-corrected chi connectivity index (χ0v) is 14.0. The molecule has 3 heterocycles. The largest absolute Gasteiger partial charge is 0.398 e. The van der Waals surface area contributed by atoms with Crippen LogP contribution in [0.4, 0.5) is 5.69 Å². The monoisotopic (exact) mass is 300 g/mol. The van der Waals surface area contributed by atoms with Gasteiger partial charge < -0.3 is 10.1 Å². The lowest BCUT2D eigenvalue weighted by atomic mass is 9.99. The van der Waals surface area contributed by atoms with Crippen LogP contribution in [0.15, 0.2) is 18.3 Å². The van der Waals surface area contributed by atoms with Crippen LogP contribution in [-0.4, -0.2) is 26.9 Å². The fraction of sp³-hybridized carbons (Fsp3) is 0.611. The maximum Gasteiger partial charge on any atom is 0.137 e. The van der Waals surface area contributed by atoms with Crippen LogP contribution in [-0.2, 0) is 6.54 Å². The summed E-state index contributed by atoms with van der Waals surface area (Å²) >= 11 is 0. The molecule has 2 N–H and O–H groups in total. The van der Waals surface area contributed by atoms with Crippen LogP contribution in [0.1, 0.15) is 63.8 Å². The molecule has 120 valence electrons. The number of pyridine rings is 1. The van der Waals surface area contributed by atoms with Crippen molar-refractivity contribution in [1.82, 2.24) is 14.3 Å². The molecule has 0 spiro atoms. The Bertz CT molecular complexity index is 644. The number of hydrogen-bond acceptors (Lipinski definition) is 3. The minimum Gasteiger partial charge on any atom is -0.398 e. The Kier molecular flexibility index (Phi) is 4.39. The number of piperidine rings is 1. The van der Waals surface area contributed by atoms with E-state index >= 15 is 0 Å². The van der Waals surface area contributed by atoms with Crippen LogP contribution in [0.3, 0.4) is 0 Å². The Morgan fingerprint density at radius 1 is 1.32 bits per heavy atom. The van der Waals surface area contributed by atoms with Crippen molar-refractivity contribution < 1.29 is 0 Å². The molecular formula is C18H28N4. The van der Waals surface area contributed by atoms with Crippen molar-refractivity contribution in [2.75, 3.05) is 12.3 Å². The number of nitrogen functional groups attached to an aromatic ring is 1. The Labute approximate surface area is 133 Å². The molecule has 0 bridgehead atoms. The van der Waals surface area contributed by atoms with E-state index in [-0.39, 0.29) is 0 Å². The summed E-state index contributed by atoms with van der Waals surface area (Å²) in [6.45, 7) is 8.94. The zero-order chi connectivity index (χ0) is 15.7. The molecule has 1 fully saturated rings. The van der Waals surface area contributed by atoms with Gasteiger partial charge in [0.15, 0.2) is 0 Å². The number of imidazole rings is 1. The molecule has 0 aromatic carbocycles. The molecule has 1 aliphatic rings. The molecule has 1 saturated heterocycles. The molecule has 1 unspecified atom stereocenters. The van der Waals surface area contributed by atoms with E-state index in [0.29, 0.717) is 12.0 Å². The minimum atomic E-state index is 0.431. The highest BCUT2D eigenvalue weighted by Crippen LogP contribution is 2.27. The first-order valence-electron chi connectivity index (χ1n) is 8.60. The van der Waals surface area contributed by atoms with E-state index in [9.17, 15) is 0 Å². The molecule has 0 amide bonds. The number of likely N-dealkylation sites (tertiary alicyclic amines) is 1. The van der Waals surface area contributed by atoms with Crippen molar-refractivity contribution in [2.24, 2.45) is 0 Å². The van der Waals surface area contributed by atoms with E-state index in [1.54, 1.807) is 0 Å². The van der Waals surface area contributed by atoms with E-state index < -0.39 is 0 Å². The first-order valence-corrected chi connectivity index (χ1v) is 8.60. The topological polar surface area (TPSA) is 46.6 Å². The van der Waals surface area contributed by atoms with E-state index in [4.69, 9.17) is 10.7 Å². The van der Waals surface area contributed by atoms with Crippen molar-refractivity contribution in [3.8, 4) is 0 Å². The van der Waals surface area contributed by atoms with Crippen LogP contribution in [0.2, 0.25) is 0 Å². The first kappa shape index (κ1) is 15.3. The maximum atomic E-state index is 6.00. The standard InChI is InChI=1S/C18H28N4/c1-4-15-7-5-6-10-21(15)12-16-18(13(2)3)20-17-9-8-14(19)11-22(16)17/h8-9,11,13,15H,4-7,10,12,19H2,1-3H3. The number of nitrogens with two attached hydrogens (primary N) is 1. The molecule has 1 aliphatic heterocycles. The summed E-state index contributed by atoms with van der Waals surface area (Å²) in [6, 6.07) is 4.67. The number of nitrogens with zero attached hydrogens (tertiary/aromatic N) is 3. The molecule has 4 heteroatoms. The quantitative estimate of drug-likeness (QED) is 0.934. The van der Waals surface area contributed by atoms with Crippen molar-refractivity contribution in [3.63, 3.8) is 0 Å². The van der Waals surface area contributed by atoms with Gasteiger partial charge in [0.1, 0.15) is 5.65 Å². The Balaban J connectivity index is 2.00. The van der Waals surface area contributed by atoms with Crippen LogP contribution in [0.25, 0.3) is 5.65 Å². The van der Waals surface area contributed by atoms with Gasteiger partial charge >= 0.3 is 0 Å². The highest BCUT2D eigenvalue weighted by Gasteiger charge is 2.24. The van der Waals surface area contributed by atoms with Gasteiger partial charge in [0, 0.05) is 24.5 Å². The van der Waals surface area contributed by atoms with Crippen molar-refractivity contribution in [1.29, 1.82) is 0 Å². The van der Waals surface area contributed by atoms with Crippen molar-refractivity contribution in [2.45, 2.75) is 65.0 Å². The number of anilines is 1. The number of fused-ring (bicyclic) bond motifs is 1. The highest BCUT2D eigenvalue weighted by atomic mass is 15.2. The SMILES string of the molecule is CCC1CCCCN1Cc1c(C(C)C)nc2ccc(N)cn12. The predicted octanol–water partition coefficient (Wildman–Crippen LogP) is 3.80. The highest BCUT2D eigenvalue weighted by molar-refractivity contribution is 5.50. The van der Waals surface area contributed by atoms with Gasteiger partial charge in [0.25, 0.3) is 0 Å². The fourth-order valence-corrected chi connectivity index (χ4v) is 3.67. The second-order valence-electron chi connectivity index (χ2n) is 6.82. The molecule has 0 aliphatic carbocycles. The first-order chi connectivity index (χ1) is 10.6. The van der Waals surface area contributed by atoms with E-state index in [2.05, 4.69) is 30.1 Å². The average Bonchev–Trinajstić information content (AvgIpc) is 2.86. The molecule has 0 saturated carbocycles. The normalized spacial score (nSPS) is 20.1. The summed E-state index contributed by atoms with van der Waals surface area (Å²) in [4.78, 5) is 7.49. The van der Waals surface area contributed by atoms with Gasteiger partial charge in [-0.05, 0) is 43.9 Å². The lowest BCUT2D eigenvalue weighted by molar-refractivity contribution is 0.133. The van der Waals surface area contributed by atoms with Gasteiger partial charge in [-0.25, -0.2) is 4.98 Å². The number of hydrogen-bond donors (Lipinski definition) is 1. The lowest BCUT2D eigenvalue weighted by Gasteiger charge is -2.35. The van der Waals surface area contributed by atoms with E-state index in [1.165, 1.54) is 43.6 Å². The van der Waals surface area contributed by atoms with Gasteiger partial charge in [-0.2, -0.15) is 0 Å². The van der Waals surface area contributed by atoms with Crippen molar-refractivity contribution >= 4 is 11.3 Å². The molecule has 22 heavy (non-hydrogen) atoms. The summed E-state index contributed by atoms with van der Waals surface area (Å²) in [5.74, 6) is 0.431.